The van der Waals surface area contributed by atoms with Crippen molar-refractivity contribution in [1.82, 2.24) is 14.8 Å². The Morgan fingerprint density at radius 1 is 1.35 bits per heavy atom. The Hall–Kier alpha value is -1.55. The van der Waals surface area contributed by atoms with Crippen LogP contribution < -0.4 is 5.32 Å². The predicted molar refractivity (Wildman–Crippen MR) is 83.4 cm³/mol. The van der Waals surface area contributed by atoms with Gasteiger partial charge in [-0.3, -0.25) is 4.68 Å². The average molecular weight is 293 g/mol. The van der Waals surface area contributed by atoms with E-state index in [1.54, 1.807) is 6.20 Å². The van der Waals surface area contributed by atoms with Gasteiger partial charge in [-0.05, 0) is 46.2 Å². The zero-order valence-corrected chi connectivity index (χ0v) is 13.4. The van der Waals surface area contributed by atoms with Crippen molar-refractivity contribution in [3.8, 4) is 0 Å². The summed E-state index contributed by atoms with van der Waals surface area (Å²) < 4.78 is 2.03. The molecule has 2 rings (SSSR count). The monoisotopic (exact) mass is 292 g/mol. The predicted octanol–water partition coefficient (Wildman–Crippen LogP) is 4.05. The number of rotatable bonds is 4. The van der Waals surface area contributed by atoms with Gasteiger partial charge in [-0.25, -0.2) is 4.98 Å². The largest absolute Gasteiger partial charge is 0.376 e. The van der Waals surface area contributed by atoms with Crippen molar-refractivity contribution < 1.29 is 0 Å². The summed E-state index contributed by atoms with van der Waals surface area (Å²) in [4.78, 5) is 4.17. The van der Waals surface area contributed by atoms with Gasteiger partial charge in [-0.15, -0.1) is 0 Å². The molecule has 0 aliphatic rings. The maximum Gasteiger partial charge on any atom is 0.152 e. The molecule has 0 amide bonds. The molecule has 4 nitrogen and oxygen atoms in total. The summed E-state index contributed by atoms with van der Waals surface area (Å²) >= 11 is 6.15. The van der Waals surface area contributed by atoms with Crippen LogP contribution in [0.25, 0.3) is 0 Å². The number of hydrogen-bond acceptors (Lipinski definition) is 3. The summed E-state index contributed by atoms with van der Waals surface area (Å²) in [7, 11) is 0. The maximum absolute atomic E-state index is 6.15. The number of nitrogens with zero attached hydrogens (tertiary/aromatic N) is 3. The van der Waals surface area contributed by atoms with Gasteiger partial charge in [-0.2, -0.15) is 5.10 Å². The highest BCUT2D eigenvalue weighted by molar-refractivity contribution is 6.31. The molecule has 0 saturated heterocycles. The lowest BCUT2D eigenvalue weighted by atomic mass is 10.1. The Labute approximate surface area is 125 Å². The number of nitrogens with one attached hydrogen (secondary N) is 1. The fourth-order valence-corrected chi connectivity index (χ4v) is 2.76. The molecule has 0 radical (unpaired) electrons. The molecule has 2 aromatic rings. The number of aryl methyl sites for hydroxylation is 3. The minimum absolute atomic E-state index is 0.136. The third-order valence-corrected chi connectivity index (χ3v) is 3.82. The van der Waals surface area contributed by atoms with Crippen molar-refractivity contribution >= 4 is 17.3 Å². The molecule has 108 valence electrons. The fraction of sp³-hybridized carbons (Fsp3) is 0.467. The van der Waals surface area contributed by atoms with Crippen molar-refractivity contribution in [1.29, 1.82) is 0 Å². The van der Waals surface area contributed by atoms with E-state index >= 15 is 0 Å². The lowest BCUT2D eigenvalue weighted by Gasteiger charge is -2.17. The minimum Gasteiger partial charge on any atom is -0.376 e. The van der Waals surface area contributed by atoms with Gasteiger partial charge >= 0.3 is 0 Å². The van der Waals surface area contributed by atoms with E-state index in [0.717, 1.165) is 23.5 Å². The van der Waals surface area contributed by atoms with Crippen LogP contribution in [0.5, 0.6) is 0 Å². The van der Waals surface area contributed by atoms with Crippen LogP contribution in [0.15, 0.2) is 12.3 Å². The Balaban J connectivity index is 2.30. The van der Waals surface area contributed by atoms with Gasteiger partial charge in [0.05, 0.1) is 17.4 Å². The number of halogens is 1. The smallest absolute Gasteiger partial charge is 0.152 e. The first-order chi connectivity index (χ1) is 9.43. The van der Waals surface area contributed by atoms with E-state index in [-0.39, 0.29) is 6.04 Å². The van der Waals surface area contributed by atoms with Crippen LogP contribution in [0, 0.1) is 20.8 Å². The standard InChI is InChI=1S/C15H21ClN4/c1-6-20-12(5)14(11(4)19-20)10(3)18-13-7-9(2)8-17-15(13)16/h7-8,10,18H,6H2,1-5H3. The van der Waals surface area contributed by atoms with Gasteiger partial charge < -0.3 is 5.32 Å². The van der Waals surface area contributed by atoms with Crippen molar-refractivity contribution in [2.45, 2.75) is 47.2 Å². The lowest BCUT2D eigenvalue weighted by Crippen LogP contribution is -2.10. The molecule has 0 aromatic carbocycles. The van der Waals surface area contributed by atoms with E-state index in [2.05, 4.69) is 36.2 Å². The molecule has 0 spiro atoms. The highest BCUT2D eigenvalue weighted by Gasteiger charge is 2.17. The van der Waals surface area contributed by atoms with Crippen LogP contribution in [0.1, 0.15) is 42.4 Å². The average Bonchev–Trinajstić information content (AvgIpc) is 2.68. The van der Waals surface area contributed by atoms with Crippen LogP contribution in [0.2, 0.25) is 5.15 Å². The van der Waals surface area contributed by atoms with E-state index < -0.39 is 0 Å². The maximum atomic E-state index is 6.15. The number of aromatic nitrogens is 3. The van der Waals surface area contributed by atoms with Crippen molar-refractivity contribution in [2.75, 3.05) is 5.32 Å². The zero-order valence-electron chi connectivity index (χ0n) is 12.7. The molecule has 0 saturated carbocycles. The molecule has 2 heterocycles. The van der Waals surface area contributed by atoms with Gasteiger partial charge in [0.2, 0.25) is 0 Å². The number of hydrogen-bond donors (Lipinski definition) is 1. The summed E-state index contributed by atoms with van der Waals surface area (Å²) in [5.41, 5.74) is 5.43. The van der Waals surface area contributed by atoms with E-state index in [4.69, 9.17) is 11.6 Å². The SMILES string of the molecule is CCn1nc(C)c(C(C)Nc2cc(C)cnc2Cl)c1C. The second-order valence-corrected chi connectivity index (χ2v) is 5.48. The summed E-state index contributed by atoms with van der Waals surface area (Å²) in [6.07, 6.45) is 1.77. The molecule has 0 aliphatic heterocycles. The Morgan fingerprint density at radius 3 is 2.65 bits per heavy atom. The van der Waals surface area contributed by atoms with Gasteiger partial charge in [-0.1, -0.05) is 11.6 Å². The van der Waals surface area contributed by atoms with Crippen molar-refractivity contribution in [3.05, 3.63) is 39.9 Å². The third-order valence-electron chi connectivity index (χ3n) is 3.52. The summed E-state index contributed by atoms with van der Waals surface area (Å²) in [6, 6.07) is 2.15. The quantitative estimate of drug-likeness (QED) is 0.865. The summed E-state index contributed by atoms with van der Waals surface area (Å²) in [5.74, 6) is 0. The van der Waals surface area contributed by atoms with Crippen LogP contribution in [-0.2, 0) is 6.54 Å². The molecule has 20 heavy (non-hydrogen) atoms. The molecular formula is C15H21ClN4. The van der Waals surface area contributed by atoms with E-state index in [0.29, 0.717) is 5.15 Å². The molecule has 0 bridgehead atoms. The third kappa shape index (κ3) is 2.80. The van der Waals surface area contributed by atoms with E-state index in [1.165, 1.54) is 11.3 Å². The minimum atomic E-state index is 0.136. The fourth-order valence-electron chi connectivity index (χ4n) is 2.60. The molecule has 5 heteroatoms. The van der Waals surface area contributed by atoms with Gasteiger partial charge in [0.1, 0.15) is 0 Å². The van der Waals surface area contributed by atoms with Crippen molar-refractivity contribution in [3.63, 3.8) is 0 Å². The van der Waals surface area contributed by atoms with Crippen LogP contribution in [-0.4, -0.2) is 14.8 Å². The second kappa shape index (κ2) is 5.83. The molecule has 2 aromatic heterocycles. The Bertz CT molecular complexity index is 619. The van der Waals surface area contributed by atoms with Gasteiger partial charge in [0.25, 0.3) is 0 Å². The highest BCUT2D eigenvalue weighted by Crippen LogP contribution is 2.28. The molecule has 0 fully saturated rings. The Kier molecular flexibility index (Phi) is 4.33. The highest BCUT2D eigenvalue weighted by atomic mass is 35.5. The normalized spacial score (nSPS) is 12.5. The topological polar surface area (TPSA) is 42.7 Å². The first-order valence-corrected chi connectivity index (χ1v) is 7.24. The molecule has 0 aliphatic carbocycles. The molecule has 1 unspecified atom stereocenters. The Morgan fingerprint density at radius 2 is 2.05 bits per heavy atom. The molecule has 1 atom stereocenters. The number of anilines is 1. The van der Waals surface area contributed by atoms with E-state index in [9.17, 15) is 0 Å². The van der Waals surface area contributed by atoms with E-state index in [1.807, 2.05) is 24.6 Å². The second-order valence-electron chi connectivity index (χ2n) is 5.12. The first kappa shape index (κ1) is 14.9. The first-order valence-electron chi connectivity index (χ1n) is 6.86. The molecule has 1 N–H and O–H groups in total. The summed E-state index contributed by atoms with van der Waals surface area (Å²) in [5, 5.41) is 8.50. The molecular weight excluding hydrogens is 272 g/mol. The van der Waals surface area contributed by atoms with Crippen LogP contribution in [0.4, 0.5) is 5.69 Å². The van der Waals surface area contributed by atoms with Crippen LogP contribution in [0.3, 0.4) is 0 Å². The zero-order chi connectivity index (χ0) is 14.9. The van der Waals surface area contributed by atoms with Gasteiger partial charge in [0.15, 0.2) is 5.15 Å². The van der Waals surface area contributed by atoms with Gasteiger partial charge in [0, 0.05) is 24.0 Å². The summed E-state index contributed by atoms with van der Waals surface area (Å²) in [6.45, 7) is 11.3. The lowest BCUT2D eigenvalue weighted by molar-refractivity contribution is 0.632. The van der Waals surface area contributed by atoms with Crippen molar-refractivity contribution in [2.24, 2.45) is 0 Å². The number of pyridine rings is 1. The van der Waals surface area contributed by atoms with Crippen LogP contribution >= 0.6 is 11.6 Å².